The number of hydrogen-bond donors (Lipinski definition) is 2. The SMILES string of the molecule is CC1(C)C(/C=C/Nc2ccccc2)=[N+](CCCS(=O)(=O)[O-])c2cccc(C(=O)O)c21. The number of carboxylic acids is 1. The van der Waals surface area contributed by atoms with Gasteiger partial charge >= 0.3 is 5.97 Å². The van der Waals surface area contributed by atoms with Gasteiger partial charge in [0.2, 0.25) is 5.69 Å². The van der Waals surface area contributed by atoms with E-state index in [4.69, 9.17) is 0 Å². The minimum absolute atomic E-state index is 0.141. The molecule has 2 aromatic rings. The van der Waals surface area contributed by atoms with Crippen LogP contribution < -0.4 is 5.32 Å². The summed E-state index contributed by atoms with van der Waals surface area (Å²) in [7, 11) is -4.32. The molecule has 0 saturated heterocycles. The lowest BCUT2D eigenvalue weighted by atomic mass is 9.79. The lowest BCUT2D eigenvalue weighted by molar-refractivity contribution is -0.437. The van der Waals surface area contributed by atoms with Crippen LogP contribution in [0.25, 0.3) is 0 Å². The van der Waals surface area contributed by atoms with Crippen molar-refractivity contribution >= 4 is 33.2 Å². The van der Waals surface area contributed by atoms with E-state index in [-0.39, 0.29) is 18.5 Å². The first-order valence-electron chi connectivity index (χ1n) is 9.55. The molecule has 1 aliphatic heterocycles. The number of carboxylic acid groups (broad SMARTS) is 1. The number of anilines is 1. The monoisotopic (exact) mass is 428 g/mol. The van der Waals surface area contributed by atoms with Crippen molar-refractivity contribution in [2.45, 2.75) is 25.7 Å². The Morgan fingerprint density at radius 3 is 2.50 bits per heavy atom. The van der Waals surface area contributed by atoms with Crippen LogP contribution in [0.3, 0.4) is 0 Å². The van der Waals surface area contributed by atoms with Crippen LogP contribution in [0.15, 0.2) is 60.8 Å². The standard InChI is InChI=1S/C22H24N2O5S/c1-22(2)19(12-13-23-16-8-4-3-5-9-16)24(14-7-15-30(27,28)29)18-11-6-10-17(20(18)22)21(25)26/h3-6,8-13H,7,14-15H2,1-2H3,(H2,25,26,27,28,29). The summed E-state index contributed by atoms with van der Waals surface area (Å²) in [4.78, 5) is 11.8. The van der Waals surface area contributed by atoms with Crippen molar-refractivity contribution in [2.75, 3.05) is 17.6 Å². The lowest BCUT2D eigenvalue weighted by Crippen LogP contribution is -2.29. The molecule has 2 aromatic carbocycles. The zero-order chi connectivity index (χ0) is 21.9. The quantitative estimate of drug-likeness (QED) is 0.493. The van der Waals surface area contributed by atoms with Crippen LogP contribution in [-0.2, 0) is 15.5 Å². The Labute approximate surface area is 176 Å². The van der Waals surface area contributed by atoms with E-state index in [0.29, 0.717) is 11.3 Å². The third kappa shape index (κ3) is 4.60. The summed E-state index contributed by atoms with van der Waals surface area (Å²) >= 11 is 0. The van der Waals surface area contributed by atoms with Crippen LogP contribution in [0, 0.1) is 0 Å². The molecule has 7 nitrogen and oxygen atoms in total. The van der Waals surface area contributed by atoms with Gasteiger partial charge in [0.05, 0.1) is 26.7 Å². The van der Waals surface area contributed by atoms with Gasteiger partial charge in [0.15, 0.2) is 5.71 Å². The fourth-order valence-corrected chi connectivity index (χ4v) is 4.37. The topological polar surface area (TPSA) is 110 Å². The maximum absolute atomic E-state index is 11.8. The maximum Gasteiger partial charge on any atom is 0.336 e. The highest BCUT2D eigenvalue weighted by Crippen LogP contribution is 2.42. The average molecular weight is 429 g/mol. The average Bonchev–Trinajstić information content (AvgIpc) is 2.89. The largest absolute Gasteiger partial charge is 0.748 e. The number of fused-ring (bicyclic) bond motifs is 1. The zero-order valence-electron chi connectivity index (χ0n) is 16.8. The van der Waals surface area contributed by atoms with Crippen molar-refractivity contribution < 1.29 is 27.4 Å². The van der Waals surface area contributed by atoms with Crippen LogP contribution in [0.2, 0.25) is 0 Å². The summed E-state index contributed by atoms with van der Waals surface area (Å²) in [6, 6.07) is 14.6. The van der Waals surface area contributed by atoms with Crippen molar-refractivity contribution in [1.29, 1.82) is 0 Å². The number of benzene rings is 2. The van der Waals surface area contributed by atoms with Gasteiger partial charge in [-0.2, -0.15) is 4.58 Å². The molecule has 3 rings (SSSR count). The van der Waals surface area contributed by atoms with Gasteiger partial charge in [-0.3, -0.25) is 0 Å². The van der Waals surface area contributed by atoms with Crippen molar-refractivity contribution in [2.24, 2.45) is 0 Å². The number of nitrogens with zero attached hydrogens (tertiary/aromatic N) is 1. The number of carbonyl (C=O) groups is 1. The smallest absolute Gasteiger partial charge is 0.336 e. The van der Waals surface area contributed by atoms with Gasteiger partial charge in [-0.25, -0.2) is 13.2 Å². The van der Waals surface area contributed by atoms with Gasteiger partial charge in [0.25, 0.3) is 0 Å². The number of allylic oxidation sites excluding steroid dienone is 1. The van der Waals surface area contributed by atoms with Gasteiger partial charge in [-0.1, -0.05) is 24.3 Å². The molecular formula is C22H24N2O5S. The molecule has 2 N–H and O–H groups in total. The molecule has 0 saturated carbocycles. The second kappa shape index (κ2) is 8.41. The highest BCUT2D eigenvalue weighted by atomic mass is 32.2. The van der Waals surface area contributed by atoms with Crippen molar-refractivity contribution in [1.82, 2.24) is 0 Å². The third-order valence-electron chi connectivity index (χ3n) is 5.16. The van der Waals surface area contributed by atoms with E-state index in [1.807, 2.05) is 60.9 Å². The molecule has 0 amide bonds. The first kappa shape index (κ1) is 21.7. The predicted octanol–water partition coefficient (Wildman–Crippen LogP) is 3.32. The maximum atomic E-state index is 11.8. The van der Waals surface area contributed by atoms with Crippen molar-refractivity contribution in [3.63, 3.8) is 0 Å². The van der Waals surface area contributed by atoms with Crippen LogP contribution in [0.1, 0.15) is 36.2 Å². The first-order chi connectivity index (χ1) is 14.1. The van der Waals surface area contributed by atoms with Crippen LogP contribution >= 0.6 is 0 Å². The van der Waals surface area contributed by atoms with Crippen LogP contribution in [0.5, 0.6) is 0 Å². The van der Waals surface area contributed by atoms with Crippen LogP contribution in [-0.4, -0.2) is 46.6 Å². The Bertz CT molecular complexity index is 1120. The summed E-state index contributed by atoms with van der Waals surface area (Å²) in [5.41, 5.74) is 2.67. The molecule has 0 fully saturated rings. The van der Waals surface area contributed by atoms with E-state index in [1.165, 1.54) is 0 Å². The molecule has 0 aromatic heterocycles. The summed E-state index contributed by atoms with van der Waals surface area (Å²) in [6.07, 6.45) is 3.78. The number of nitrogens with one attached hydrogen (secondary N) is 1. The number of para-hydroxylation sites is 1. The summed E-state index contributed by atoms with van der Waals surface area (Å²) in [5.74, 6) is -1.49. The summed E-state index contributed by atoms with van der Waals surface area (Å²) < 4.78 is 35.0. The van der Waals surface area contributed by atoms with E-state index >= 15 is 0 Å². The van der Waals surface area contributed by atoms with E-state index in [1.54, 1.807) is 18.3 Å². The zero-order valence-corrected chi connectivity index (χ0v) is 17.6. The lowest BCUT2D eigenvalue weighted by Gasteiger charge is -2.17. The minimum Gasteiger partial charge on any atom is -0.748 e. The van der Waals surface area contributed by atoms with Crippen LogP contribution in [0.4, 0.5) is 11.4 Å². The highest BCUT2D eigenvalue weighted by Gasteiger charge is 2.46. The molecular weight excluding hydrogens is 404 g/mol. The molecule has 0 atom stereocenters. The Morgan fingerprint density at radius 1 is 1.17 bits per heavy atom. The minimum atomic E-state index is -4.32. The first-order valence-corrected chi connectivity index (χ1v) is 11.1. The van der Waals surface area contributed by atoms with Crippen molar-refractivity contribution in [3.05, 3.63) is 71.9 Å². The van der Waals surface area contributed by atoms with E-state index in [0.717, 1.165) is 11.4 Å². The van der Waals surface area contributed by atoms with Crippen molar-refractivity contribution in [3.8, 4) is 0 Å². The fraction of sp³-hybridized carbons (Fsp3) is 0.273. The Hall–Kier alpha value is -2.97. The highest BCUT2D eigenvalue weighted by molar-refractivity contribution is 7.85. The van der Waals surface area contributed by atoms with Gasteiger partial charge in [-0.05, 0) is 32.0 Å². The van der Waals surface area contributed by atoms with Gasteiger partial charge < -0.3 is 15.0 Å². The molecule has 0 radical (unpaired) electrons. The molecule has 0 bridgehead atoms. The Balaban J connectivity index is 2.01. The van der Waals surface area contributed by atoms with E-state index < -0.39 is 27.3 Å². The molecule has 0 unspecified atom stereocenters. The number of rotatable bonds is 8. The van der Waals surface area contributed by atoms with Gasteiger partial charge in [0.1, 0.15) is 6.54 Å². The Morgan fingerprint density at radius 2 is 1.87 bits per heavy atom. The second-order valence-corrected chi connectivity index (χ2v) is 9.15. The molecule has 8 heteroatoms. The predicted molar refractivity (Wildman–Crippen MR) is 115 cm³/mol. The second-order valence-electron chi connectivity index (χ2n) is 7.63. The molecule has 158 valence electrons. The third-order valence-corrected chi connectivity index (χ3v) is 5.95. The molecule has 30 heavy (non-hydrogen) atoms. The Kier molecular flexibility index (Phi) is 6.09. The molecule has 1 heterocycles. The molecule has 0 aliphatic carbocycles. The fourth-order valence-electron chi connectivity index (χ4n) is 3.89. The number of aromatic carboxylic acids is 1. The van der Waals surface area contributed by atoms with E-state index in [2.05, 4.69) is 5.32 Å². The van der Waals surface area contributed by atoms with E-state index in [9.17, 15) is 22.9 Å². The molecule has 0 spiro atoms. The molecule has 1 aliphatic rings. The number of hydrogen-bond acceptors (Lipinski definition) is 5. The normalized spacial score (nSPS) is 15.4. The van der Waals surface area contributed by atoms with Gasteiger partial charge in [-0.15, -0.1) is 0 Å². The van der Waals surface area contributed by atoms with Gasteiger partial charge in [0, 0.05) is 36.2 Å². The summed E-state index contributed by atoms with van der Waals surface area (Å²) in [6.45, 7) is 4.15. The summed E-state index contributed by atoms with van der Waals surface area (Å²) in [5, 5.41) is 12.9.